The maximum atomic E-state index is 13.3. The molecule has 0 fully saturated rings. The van der Waals surface area contributed by atoms with Crippen molar-refractivity contribution in [2.45, 2.75) is 10.1 Å². The summed E-state index contributed by atoms with van der Waals surface area (Å²) in [5.41, 5.74) is 0. The number of hydrogen-bond acceptors (Lipinski definition) is 7. The third kappa shape index (κ3) is 2.62. The van der Waals surface area contributed by atoms with Gasteiger partial charge < -0.3 is 8.60 Å². The first-order chi connectivity index (χ1) is 8.53. The molecule has 0 amide bonds. The molecule has 0 N–H and O–H groups in total. The Balaban J connectivity index is 2.30. The minimum Gasteiger partial charge on any atom is -0.382 e. The molecule has 0 saturated heterocycles. The van der Waals surface area contributed by atoms with E-state index in [1.807, 2.05) is 0 Å². The third-order valence-corrected chi connectivity index (χ3v) is 3.60. The normalized spacial score (nSPS) is 11.4. The van der Waals surface area contributed by atoms with Gasteiger partial charge in [-0.2, -0.15) is 8.42 Å². The molecule has 2 aromatic rings. The van der Waals surface area contributed by atoms with Crippen LogP contribution in [0.1, 0.15) is 0 Å². The number of halogens is 1. The van der Waals surface area contributed by atoms with E-state index in [2.05, 4.69) is 14.4 Å². The molecule has 0 bridgehead atoms. The van der Waals surface area contributed by atoms with E-state index in [0.29, 0.717) is 0 Å². The molecule has 9 heteroatoms. The van der Waals surface area contributed by atoms with E-state index in [-0.39, 0.29) is 5.22 Å². The first-order valence-electron chi connectivity index (χ1n) is 4.59. The zero-order valence-electron chi connectivity index (χ0n) is 9.03. The summed E-state index contributed by atoms with van der Waals surface area (Å²) in [7, 11) is -4.32. The second-order valence-electron chi connectivity index (χ2n) is 3.01. The van der Waals surface area contributed by atoms with Crippen LogP contribution in [0.25, 0.3) is 0 Å². The van der Waals surface area contributed by atoms with E-state index >= 15 is 0 Å². The van der Waals surface area contributed by atoms with Gasteiger partial charge in [-0.1, -0.05) is 34.1 Å². The Bertz CT molecular complexity index is 656. The van der Waals surface area contributed by atoms with E-state index in [9.17, 15) is 12.8 Å². The van der Waals surface area contributed by atoms with E-state index < -0.39 is 26.9 Å². The van der Waals surface area contributed by atoms with Gasteiger partial charge in [0.1, 0.15) is 10.7 Å². The fraction of sp³-hybridized carbons (Fsp3) is 0.111. The summed E-state index contributed by atoms with van der Waals surface area (Å²) >= 11 is 1.13. The monoisotopic (exact) mass is 290 g/mol. The van der Waals surface area contributed by atoms with Crippen LogP contribution in [0.5, 0.6) is 6.08 Å². The maximum Gasteiger partial charge on any atom is 0.431 e. The predicted molar refractivity (Wildman–Crippen MR) is 60.3 cm³/mol. The van der Waals surface area contributed by atoms with Crippen LogP contribution in [-0.2, 0) is 10.1 Å². The smallest absolute Gasteiger partial charge is 0.382 e. The third-order valence-electron chi connectivity index (χ3n) is 1.85. The van der Waals surface area contributed by atoms with Crippen LogP contribution in [-0.4, -0.2) is 24.9 Å². The van der Waals surface area contributed by atoms with Crippen molar-refractivity contribution >= 4 is 21.9 Å². The van der Waals surface area contributed by atoms with Crippen LogP contribution < -0.4 is 4.18 Å². The van der Waals surface area contributed by atoms with Gasteiger partial charge in [-0.25, -0.2) is 4.39 Å². The zero-order valence-corrected chi connectivity index (χ0v) is 10.7. The van der Waals surface area contributed by atoms with Crippen molar-refractivity contribution in [3.8, 4) is 6.08 Å². The molecular formula is C9H7FN2O4S2. The van der Waals surface area contributed by atoms with E-state index in [1.54, 1.807) is 6.26 Å². The molecule has 6 nitrogen and oxygen atoms in total. The summed E-state index contributed by atoms with van der Waals surface area (Å²) in [5.74, 6) is -0.915. The first kappa shape index (κ1) is 12.8. The Labute approximate surface area is 106 Å². The lowest BCUT2D eigenvalue weighted by atomic mass is 10.4. The summed E-state index contributed by atoms with van der Waals surface area (Å²) in [6.07, 6.45) is 1.12. The summed E-state index contributed by atoms with van der Waals surface area (Å²) < 4.78 is 46.2. The molecule has 1 aromatic heterocycles. The summed E-state index contributed by atoms with van der Waals surface area (Å²) in [5, 5.41) is 7.01. The Morgan fingerprint density at radius 1 is 1.33 bits per heavy atom. The highest BCUT2D eigenvalue weighted by atomic mass is 32.2. The number of aromatic nitrogens is 2. The maximum absolute atomic E-state index is 13.3. The predicted octanol–water partition coefficient (Wildman–Crippen LogP) is 1.70. The van der Waals surface area contributed by atoms with Crippen LogP contribution >= 0.6 is 11.8 Å². The Kier molecular flexibility index (Phi) is 3.53. The van der Waals surface area contributed by atoms with E-state index in [1.165, 1.54) is 12.1 Å². The van der Waals surface area contributed by atoms with Crippen molar-refractivity contribution in [3.05, 3.63) is 30.1 Å². The van der Waals surface area contributed by atoms with Gasteiger partial charge in [0.15, 0.2) is 0 Å². The number of thioether (sulfide) groups is 1. The number of rotatable bonds is 4. The zero-order chi connectivity index (χ0) is 13.2. The number of hydrogen-bond donors (Lipinski definition) is 0. The number of nitrogens with zero attached hydrogens (tertiary/aromatic N) is 2. The molecule has 18 heavy (non-hydrogen) atoms. The highest BCUT2D eigenvalue weighted by molar-refractivity contribution is 7.98. The summed E-state index contributed by atoms with van der Waals surface area (Å²) in [6.45, 7) is 0. The van der Waals surface area contributed by atoms with Crippen molar-refractivity contribution in [3.63, 3.8) is 0 Å². The second-order valence-corrected chi connectivity index (χ2v) is 5.28. The highest BCUT2D eigenvalue weighted by Crippen LogP contribution is 2.22. The molecular weight excluding hydrogens is 283 g/mol. The van der Waals surface area contributed by atoms with Gasteiger partial charge in [0.25, 0.3) is 5.22 Å². The minimum atomic E-state index is -4.32. The van der Waals surface area contributed by atoms with E-state index in [4.69, 9.17) is 4.42 Å². The number of benzene rings is 1. The molecule has 0 saturated carbocycles. The largest absolute Gasteiger partial charge is 0.431 e. The molecule has 96 valence electrons. The average molecular weight is 290 g/mol. The van der Waals surface area contributed by atoms with E-state index in [0.717, 1.165) is 23.9 Å². The first-order valence-corrected chi connectivity index (χ1v) is 7.23. The van der Waals surface area contributed by atoms with Crippen LogP contribution in [0, 0.1) is 5.82 Å². The van der Waals surface area contributed by atoms with Crippen molar-refractivity contribution in [1.29, 1.82) is 0 Å². The van der Waals surface area contributed by atoms with Crippen molar-refractivity contribution in [2.24, 2.45) is 0 Å². The lowest BCUT2D eigenvalue weighted by molar-refractivity contribution is 0.332. The molecule has 0 aliphatic heterocycles. The minimum absolute atomic E-state index is 0.147. The van der Waals surface area contributed by atoms with Crippen molar-refractivity contribution in [2.75, 3.05) is 6.26 Å². The molecule has 0 radical (unpaired) electrons. The molecule has 1 aromatic carbocycles. The molecule has 0 aliphatic rings. The van der Waals surface area contributed by atoms with Gasteiger partial charge in [-0.3, -0.25) is 0 Å². The lowest BCUT2D eigenvalue weighted by Crippen LogP contribution is -2.11. The fourth-order valence-corrected chi connectivity index (χ4v) is 2.27. The van der Waals surface area contributed by atoms with Gasteiger partial charge in [0.05, 0.1) is 0 Å². The highest BCUT2D eigenvalue weighted by Gasteiger charge is 2.23. The van der Waals surface area contributed by atoms with Gasteiger partial charge in [-0.05, 0) is 18.4 Å². The van der Waals surface area contributed by atoms with Crippen LogP contribution in [0.2, 0.25) is 0 Å². The Morgan fingerprint density at radius 3 is 2.67 bits per heavy atom. The topological polar surface area (TPSA) is 82.3 Å². The van der Waals surface area contributed by atoms with Gasteiger partial charge in [0, 0.05) is 0 Å². The van der Waals surface area contributed by atoms with Crippen molar-refractivity contribution < 1.29 is 21.4 Å². The average Bonchev–Trinajstić information content (AvgIpc) is 2.76. The Hall–Kier alpha value is -1.61. The van der Waals surface area contributed by atoms with Crippen LogP contribution in [0.4, 0.5) is 4.39 Å². The van der Waals surface area contributed by atoms with Gasteiger partial charge in [-0.15, -0.1) is 0 Å². The van der Waals surface area contributed by atoms with Gasteiger partial charge >= 0.3 is 16.2 Å². The fourth-order valence-electron chi connectivity index (χ4n) is 1.10. The van der Waals surface area contributed by atoms with Crippen LogP contribution in [0.15, 0.2) is 38.8 Å². The SMILES string of the molecule is CSc1nnc(OS(=O)(=O)c2ccccc2F)o1. The molecule has 2 rings (SSSR count). The molecule has 0 unspecified atom stereocenters. The molecule has 0 atom stereocenters. The standard InChI is InChI=1S/C9H7FN2O4S2/c1-17-9-12-11-8(15-9)16-18(13,14)7-5-3-2-4-6(7)10/h2-5H,1H3. The Morgan fingerprint density at radius 2 is 2.06 bits per heavy atom. The molecule has 0 aliphatic carbocycles. The van der Waals surface area contributed by atoms with Crippen molar-refractivity contribution in [1.82, 2.24) is 10.2 Å². The quantitative estimate of drug-likeness (QED) is 0.626. The van der Waals surface area contributed by atoms with Gasteiger partial charge in [0.2, 0.25) is 0 Å². The summed E-state index contributed by atoms with van der Waals surface area (Å²) in [4.78, 5) is -0.589. The molecule has 0 spiro atoms. The van der Waals surface area contributed by atoms with Crippen LogP contribution in [0.3, 0.4) is 0 Å². The molecule has 1 heterocycles. The lowest BCUT2D eigenvalue weighted by Gasteiger charge is -2.02. The second kappa shape index (κ2) is 4.94. The summed E-state index contributed by atoms with van der Waals surface area (Å²) in [6, 6.07) is 4.83.